The summed E-state index contributed by atoms with van der Waals surface area (Å²) < 4.78 is 13.2. The molecule has 0 aliphatic rings. The number of aryl methyl sites for hydroxylation is 1. The van der Waals surface area contributed by atoms with Crippen LogP contribution in [0.4, 0.5) is 4.39 Å². The quantitative estimate of drug-likeness (QED) is 0.890. The maximum Gasteiger partial charge on any atom is 0.253 e. The zero-order chi connectivity index (χ0) is 17.2. The zero-order valence-corrected chi connectivity index (χ0v) is 14.0. The number of pyridine rings is 1. The summed E-state index contributed by atoms with van der Waals surface area (Å²) in [6.45, 7) is 7.55. The third kappa shape index (κ3) is 3.85. The van der Waals surface area contributed by atoms with Crippen molar-refractivity contribution in [1.82, 2.24) is 10.3 Å². The van der Waals surface area contributed by atoms with Crippen LogP contribution >= 0.6 is 0 Å². The van der Waals surface area contributed by atoms with Crippen molar-refractivity contribution in [1.29, 1.82) is 0 Å². The fourth-order valence-electron chi connectivity index (χ4n) is 2.43. The minimum atomic E-state index is -0.967. The Balaban J connectivity index is 2.21. The van der Waals surface area contributed by atoms with Crippen molar-refractivity contribution < 1.29 is 14.3 Å². The SMILES string of the molecule is CCC(C)C(C)(O)CNC(=O)c1cc2ccc(F)cc2nc1C. The molecule has 2 aromatic rings. The summed E-state index contributed by atoms with van der Waals surface area (Å²) >= 11 is 0. The smallest absolute Gasteiger partial charge is 0.253 e. The number of benzene rings is 1. The van der Waals surface area contributed by atoms with Crippen molar-refractivity contribution in [2.75, 3.05) is 6.54 Å². The van der Waals surface area contributed by atoms with Crippen LogP contribution in [0, 0.1) is 18.7 Å². The Hall–Kier alpha value is -2.01. The van der Waals surface area contributed by atoms with Gasteiger partial charge in [0.25, 0.3) is 5.91 Å². The number of aliphatic hydroxyl groups is 1. The number of rotatable bonds is 5. The lowest BCUT2D eigenvalue weighted by Gasteiger charge is -2.29. The molecule has 1 amide bonds. The molecule has 0 radical (unpaired) electrons. The van der Waals surface area contributed by atoms with E-state index in [1.54, 1.807) is 26.0 Å². The summed E-state index contributed by atoms with van der Waals surface area (Å²) in [6, 6.07) is 5.99. The first kappa shape index (κ1) is 17.3. The Labute approximate surface area is 135 Å². The van der Waals surface area contributed by atoms with Crippen molar-refractivity contribution in [3.8, 4) is 0 Å². The van der Waals surface area contributed by atoms with Gasteiger partial charge < -0.3 is 10.4 Å². The monoisotopic (exact) mass is 318 g/mol. The van der Waals surface area contributed by atoms with Gasteiger partial charge in [-0.05, 0) is 38.0 Å². The van der Waals surface area contributed by atoms with Gasteiger partial charge in [-0.15, -0.1) is 0 Å². The molecule has 0 fully saturated rings. The van der Waals surface area contributed by atoms with E-state index in [4.69, 9.17) is 0 Å². The lowest BCUT2D eigenvalue weighted by molar-refractivity contribution is 0.00591. The van der Waals surface area contributed by atoms with Gasteiger partial charge in [0.1, 0.15) is 5.82 Å². The molecule has 2 atom stereocenters. The largest absolute Gasteiger partial charge is 0.388 e. The van der Waals surface area contributed by atoms with Crippen LogP contribution < -0.4 is 5.32 Å². The number of hydrogen-bond donors (Lipinski definition) is 2. The van der Waals surface area contributed by atoms with Gasteiger partial charge in [0, 0.05) is 18.0 Å². The van der Waals surface area contributed by atoms with Crippen LogP contribution in [0.25, 0.3) is 10.9 Å². The Morgan fingerprint density at radius 3 is 2.78 bits per heavy atom. The predicted octanol–water partition coefficient (Wildman–Crippen LogP) is 3.21. The second-order valence-electron chi connectivity index (χ2n) is 6.31. The predicted molar refractivity (Wildman–Crippen MR) is 88.9 cm³/mol. The molecule has 4 nitrogen and oxygen atoms in total. The topological polar surface area (TPSA) is 62.2 Å². The van der Waals surface area contributed by atoms with Crippen molar-refractivity contribution in [2.45, 2.75) is 39.7 Å². The number of nitrogens with one attached hydrogen (secondary N) is 1. The van der Waals surface area contributed by atoms with E-state index >= 15 is 0 Å². The summed E-state index contributed by atoms with van der Waals surface area (Å²) in [5, 5.41) is 13.9. The van der Waals surface area contributed by atoms with E-state index in [0.29, 0.717) is 22.2 Å². The highest BCUT2D eigenvalue weighted by molar-refractivity contribution is 5.98. The fourth-order valence-corrected chi connectivity index (χ4v) is 2.43. The molecule has 1 aromatic carbocycles. The van der Waals surface area contributed by atoms with Crippen molar-refractivity contribution in [3.63, 3.8) is 0 Å². The summed E-state index contributed by atoms with van der Waals surface area (Å²) in [7, 11) is 0. The minimum Gasteiger partial charge on any atom is -0.388 e. The van der Waals surface area contributed by atoms with Gasteiger partial charge in [-0.3, -0.25) is 9.78 Å². The van der Waals surface area contributed by atoms with Crippen LogP contribution in [0.2, 0.25) is 0 Å². The maximum absolute atomic E-state index is 13.2. The van der Waals surface area contributed by atoms with E-state index in [-0.39, 0.29) is 24.2 Å². The van der Waals surface area contributed by atoms with Crippen LogP contribution in [0.5, 0.6) is 0 Å². The summed E-state index contributed by atoms with van der Waals surface area (Å²) in [6.07, 6.45) is 0.824. The first-order chi connectivity index (χ1) is 10.7. The number of carbonyl (C=O) groups excluding carboxylic acids is 1. The molecular weight excluding hydrogens is 295 g/mol. The highest BCUT2D eigenvalue weighted by atomic mass is 19.1. The molecule has 0 saturated heterocycles. The van der Waals surface area contributed by atoms with E-state index in [9.17, 15) is 14.3 Å². The highest BCUT2D eigenvalue weighted by Gasteiger charge is 2.27. The maximum atomic E-state index is 13.2. The molecule has 5 heteroatoms. The third-order valence-corrected chi connectivity index (χ3v) is 4.50. The normalized spacial score (nSPS) is 15.2. The van der Waals surface area contributed by atoms with Crippen molar-refractivity contribution >= 4 is 16.8 Å². The molecule has 1 heterocycles. The molecule has 2 N–H and O–H groups in total. The van der Waals surface area contributed by atoms with Crippen LogP contribution in [-0.2, 0) is 0 Å². The Morgan fingerprint density at radius 1 is 1.43 bits per heavy atom. The molecule has 0 saturated carbocycles. The number of aromatic nitrogens is 1. The second kappa shape index (κ2) is 6.62. The molecule has 23 heavy (non-hydrogen) atoms. The van der Waals surface area contributed by atoms with Gasteiger partial charge in [0.2, 0.25) is 0 Å². The van der Waals surface area contributed by atoms with Gasteiger partial charge in [-0.25, -0.2) is 4.39 Å². The van der Waals surface area contributed by atoms with Crippen molar-refractivity contribution in [2.24, 2.45) is 5.92 Å². The Bertz CT molecular complexity index is 728. The highest BCUT2D eigenvalue weighted by Crippen LogP contribution is 2.20. The van der Waals surface area contributed by atoms with E-state index in [1.165, 1.54) is 12.1 Å². The van der Waals surface area contributed by atoms with Gasteiger partial charge >= 0.3 is 0 Å². The fraction of sp³-hybridized carbons (Fsp3) is 0.444. The molecule has 2 unspecified atom stereocenters. The summed E-state index contributed by atoms with van der Waals surface area (Å²) in [5.74, 6) is -0.572. The number of amides is 1. The number of halogens is 1. The molecule has 0 aliphatic carbocycles. The third-order valence-electron chi connectivity index (χ3n) is 4.50. The average molecular weight is 318 g/mol. The summed E-state index contributed by atoms with van der Waals surface area (Å²) in [5.41, 5.74) is 0.518. The number of fused-ring (bicyclic) bond motifs is 1. The number of hydrogen-bond acceptors (Lipinski definition) is 3. The van der Waals surface area contributed by atoms with Crippen LogP contribution in [-0.4, -0.2) is 28.1 Å². The van der Waals surface area contributed by atoms with Gasteiger partial charge in [-0.1, -0.05) is 20.3 Å². The standard InChI is InChI=1S/C18H23FN2O2/c1-5-11(2)18(4,23)10-20-17(22)15-8-13-6-7-14(19)9-16(13)21-12(15)3/h6-9,11,23H,5,10H2,1-4H3,(H,20,22). The first-order valence-corrected chi connectivity index (χ1v) is 7.82. The number of nitrogens with zero attached hydrogens (tertiary/aromatic N) is 1. The van der Waals surface area contributed by atoms with Crippen LogP contribution in [0.3, 0.4) is 0 Å². The van der Waals surface area contributed by atoms with E-state index in [0.717, 1.165) is 6.42 Å². The Kier molecular flexibility index (Phi) is 5.00. The van der Waals surface area contributed by atoms with Gasteiger partial charge in [-0.2, -0.15) is 0 Å². The first-order valence-electron chi connectivity index (χ1n) is 7.82. The molecular formula is C18H23FN2O2. The molecule has 124 valence electrons. The second-order valence-corrected chi connectivity index (χ2v) is 6.31. The van der Waals surface area contributed by atoms with E-state index in [1.807, 2.05) is 13.8 Å². The molecule has 0 bridgehead atoms. The van der Waals surface area contributed by atoms with Gasteiger partial charge in [0.15, 0.2) is 0 Å². The average Bonchev–Trinajstić information content (AvgIpc) is 2.51. The van der Waals surface area contributed by atoms with E-state index in [2.05, 4.69) is 10.3 Å². The zero-order valence-electron chi connectivity index (χ0n) is 14.0. The molecule has 0 aliphatic heterocycles. The molecule has 1 aromatic heterocycles. The summed E-state index contributed by atoms with van der Waals surface area (Å²) in [4.78, 5) is 16.7. The van der Waals surface area contributed by atoms with Crippen LogP contribution in [0.1, 0.15) is 43.2 Å². The lowest BCUT2D eigenvalue weighted by atomic mass is 9.88. The van der Waals surface area contributed by atoms with Crippen molar-refractivity contribution in [3.05, 3.63) is 41.3 Å². The van der Waals surface area contributed by atoms with Crippen LogP contribution in [0.15, 0.2) is 24.3 Å². The van der Waals surface area contributed by atoms with E-state index < -0.39 is 5.60 Å². The Morgan fingerprint density at radius 2 is 2.13 bits per heavy atom. The number of carbonyl (C=O) groups is 1. The molecule has 2 rings (SSSR count). The minimum absolute atomic E-state index is 0.0709. The molecule has 0 spiro atoms. The van der Waals surface area contributed by atoms with Gasteiger partial charge in [0.05, 0.1) is 22.4 Å². The lowest BCUT2D eigenvalue weighted by Crippen LogP contribution is -2.45.